The van der Waals surface area contributed by atoms with E-state index >= 15 is 0 Å². The number of anilines is 1. The van der Waals surface area contributed by atoms with Crippen LogP contribution in [0.15, 0.2) is 29.3 Å². The van der Waals surface area contributed by atoms with Crippen molar-refractivity contribution < 1.29 is 4.79 Å². The van der Waals surface area contributed by atoms with Crippen molar-refractivity contribution in [1.29, 1.82) is 0 Å². The molecule has 1 aliphatic carbocycles. The normalized spacial score (nSPS) is 20.0. The number of nitrogens with one attached hydrogen (secondary N) is 3. The van der Waals surface area contributed by atoms with Gasteiger partial charge in [0.15, 0.2) is 5.96 Å². The summed E-state index contributed by atoms with van der Waals surface area (Å²) in [6.07, 6.45) is 11.0. The molecule has 2 rings (SSSR count). The summed E-state index contributed by atoms with van der Waals surface area (Å²) >= 11 is 1.92. The van der Waals surface area contributed by atoms with Crippen molar-refractivity contribution in [3.05, 3.63) is 29.8 Å². The van der Waals surface area contributed by atoms with Gasteiger partial charge >= 0.3 is 0 Å². The maximum atomic E-state index is 12.1. The van der Waals surface area contributed by atoms with Gasteiger partial charge in [-0.05, 0) is 50.6 Å². The van der Waals surface area contributed by atoms with Gasteiger partial charge in [-0.25, -0.2) is 4.99 Å². The van der Waals surface area contributed by atoms with E-state index in [0.29, 0.717) is 22.9 Å². The number of hydrogen-bond donors (Lipinski definition) is 3. The van der Waals surface area contributed by atoms with Gasteiger partial charge in [0.25, 0.3) is 0 Å². The van der Waals surface area contributed by atoms with Crippen molar-refractivity contribution in [3.63, 3.8) is 0 Å². The lowest BCUT2D eigenvalue weighted by Gasteiger charge is -2.17. The Bertz CT molecular complexity index is 653. The first-order valence-corrected chi connectivity index (χ1v) is 9.87. The van der Waals surface area contributed by atoms with E-state index in [1.807, 2.05) is 36.9 Å². The van der Waals surface area contributed by atoms with Gasteiger partial charge in [0.05, 0.1) is 0 Å². The number of aliphatic imine (C=N–C) groups is 1. The molecule has 1 aromatic rings. The number of hydrogen-bond acceptors (Lipinski definition) is 3. The van der Waals surface area contributed by atoms with Crippen LogP contribution in [0, 0.1) is 12.3 Å². The number of rotatable bonds is 6. The highest BCUT2D eigenvalue weighted by atomic mass is 32.2. The Labute approximate surface area is 154 Å². The number of terminal acetylenes is 1. The quantitative estimate of drug-likeness (QED) is 0.415. The zero-order valence-electron chi connectivity index (χ0n) is 14.8. The third kappa shape index (κ3) is 6.35. The molecule has 0 aliphatic heterocycles. The molecule has 0 saturated heterocycles. The van der Waals surface area contributed by atoms with Gasteiger partial charge in [0, 0.05) is 29.1 Å². The molecule has 1 aromatic carbocycles. The topological polar surface area (TPSA) is 65.5 Å². The van der Waals surface area contributed by atoms with Crippen LogP contribution in [-0.4, -0.2) is 42.5 Å². The molecular formula is C19H26N4OS. The second-order valence-electron chi connectivity index (χ2n) is 5.98. The van der Waals surface area contributed by atoms with Crippen molar-refractivity contribution in [2.45, 2.75) is 37.5 Å². The molecule has 1 saturated carbocycles. The molecule has 0 aromatic heterocycles. The first kappa shape index (κ1) is 19.2. The molecule has 6 heteroatoms. The lowest BCUT2D eigenvalue weighted by Crippen LogP contribution is -2.43. The van der Waals surface area contributed by atoms with Gasteiger partial charge in [-0.3, -0.25) is 4.79 Å². The Hall–Kier alpha value is -2.13. The Morgan fingerprint density at radius 3 is 2.96 bits per heavy atom. The minimum Gasteiger partial charge on any atom is -0.357 e. The fourth-order valence-corrected chi connectivity index (χ4v) is 3.63. The van der Waals surface area contributed by atoms with Crippen LogP contribution in [0.5, 0.6) is 0 Å². The molecule has 3 N–H and O–H groups in total. The summed E-state index contributed by atoms with van der Waals surface area (Å²) in [5.41, 5.74) is 1.42. The standard InChI is InChI=1S/C19H26N4OS/c1-4-14-7-6-8-15(11-14)22-18(24)13-21-19(20-5-2)23-16-9-10-17(12-16)25-3/h1,6-8,11,16-17H,5,9-10,12-13H2,2-3H3,(H,22,24)(H2,20,21,23). The Kier molecular flexibility index (Phi) is 7.68. The first-order valence-electron chi connectivity index (χ1n) is 8.58. The summed E-state index contributed by atoms with van der Waals surface area (Å²) in [6.45, 7) is 2.84. The van der Waals surface area contributed by atoms with E-state index in [0.717, 1.165) is 24.9 Å². The molecule has 25 heavy (non-hydrogen) atoms. The van der Waals surface area contributed by atoms with E-state index in [-0.39, 0.29) is 12.5 Å². The van der Waals surface area contributed by atoms with Crippen LogP contribution >= 0.6 is 11.8 Å². The third-order valence-electron chi connectivity index (χ3n) is 4.10. The largest absolute Gasteiger partial charge is 0.357 e. The molecule has 1 amide bonds. The van der Waals surface area contributed by atoms with Gasteiger partial charge in [-0.2, -0.15) is 11.8 Å². The predicted octanol–water partition coefficient (Wildman–Crippen LogP) is 2.45. The van der Waals surface area contributed by atoms with Crippen LogP contribution < -0.4 is 16.0 Å². The van der Waals surface area contributed by atoms with Gasteiger partial charge in [0.2, 0.25) is 5.91 Å². The molecule has 1 aliphatic rings. The molecule has 2 atom stereocenters. The number of thioether (sulfide) groups is 1. The van der Waals surface area contributed by atoms with E-state index in [2.05, 4.69) is 33.1 Å². The highest BCUT2D eigenvalue weighted by Gasteiger charge is 2.24. The van der Waals surface area contributed by atoms with Crippen molar-refractivity contribution >= 4 is 29.3 Å². The lowest BCUT2D eigenvalue weighted by molar-refractivity contribution is -0.114. The summed E-state index contributed by atoms with van der Waals surface area (Å²) in [6, 6.07) is 7.65. The van der Waals surface area contributed by atoms with Gasteiger partial charge in [0.1, 0.15) is 6.54 Å². The number of nitrogens with zero attached hydrogens (tertiary/aromatic N) is 1. The zero-order chi connectivity index (χ0) is 18.1. The van der Waals surface area contributed by atoms with E-state index in [4.69, 9.17) is 6.42 Å². The van der Waals surface area contributed by atoms with Gasteiger partial charge < -0.3 is 16.0 Å². The van der Waals surface area contributed by atoms with E-state index in [1.165, 1.54) is 6.42 Å². The van der Waals surface area contributed by atoms with Crippen molar-refractivity contribution in [2.75, 3.05) is 24.7 Å². The molecule has 5 nitrogen and oxygen atoms in total. The van der Waals surface area contributed by atoms with Crippen LogP contribution in [0.2, 0.25) is 0 Å². The molecule has 0 heterocycles. The maximum absolute atomic E-state index is 12.1. The van der Waals surface area contributed by atoms with Crippen LogP contribution in [0.3, 0.4) is 0 Å². The molecule has 0 radical (unpaired) electrons. The van der Waals surface area contributed by atoms with Crippen LogP contribution in [0.1, 0.15) is 31.7 Å². The molecule has 134 valence electrons. The average Bonchev–Trinajstić information content (AvgIpc) is 3.07. The fourth-order valence-electron chi connectivity index (χ4n) is 2.84. The van der Waals surface area contributed by atoms with Gasteiger partial charge in [-0.15, -0.1) is 6.42 Å². The SMILES string of the molecule is C#Cc1cccc(NC(=O)CN=C(NCC)NC2CCC(SC)C2)c1. The molecule has 0 spiro atoms. The highest BCUT2D eigenvalue weighted by Crippen LogP contribution is 2.27. The van der Waals surface area contributed by atoms with Crippen LogP contribution in [0.25, 0.3) is 0 Å². The maximum Gasteiger partial charge on any atom is 0.246 e. The Morgan fingerprint density at radius 2 is 2.28 bits per heavy atom. The van der Waals surface area contributed by atoms with Crippen molar-refractivity contribution in [2.24, 2.45) is 4.99 Å². The number of benzene rings is 1. The van der Waals surface area contributed by atoms with E-state index in [1.54, 1.807) is 6.07 Å². The molecule has 1 fully saturated rings. The summed E-state index contributed by atoms with van der Waals surface area (Å²) < 4.78 is 0. The molecular weight excluding hydrogens is 332 g/mol. The second kappa shape index (κ2) is 10.00. The summed E-state index contributed by atoms with van der Waals surface area (Å²) in [4.78, 5) is 16.5. The minimum absolute atomic E-state index is 0.0638. The number of amides is 1. The molecule has 2 unspecified atom stereocenters. The zero-order valence-corrected chi connectivity index (χ0v) is 15.7. The van der Waals surface area contributed by atoms with Crippen molar-refractivity contribution in [1.82, 2.24) is 10.6 Å². The minimum atomic E-state index is -0.167. The Morgan fingerprint density at radius 1 is 1.44 bits per heavy atom. The third-order valence-corrected chi connectivity index (χ3v) is 5.19. The fraction of sp³-hybridized carbons (Fsp3) is 0.474. The Balaban J connectivity index is 1.89. The summed E-state index contributed by atoms with van der Waals surface area (Å²) in [5.74, 6) is 3.08. The lowest BCUT2D eigenvalue weighted by atomic mass is 10.2. The summed E-state index contributed by atoms with van der Waals surface area (Å²) in [5, 5.41) is 10.2. The highest BCUT2D eigenvalue weighted by molar-refractivity contribution is 7.99. The van der Waals surface area contributed by atoms with Crippen LogP contribution in [-0.2, 0) is 4.79 Å². The smallest absolute Gasteiger partial charge is 0.246 e. The van der Waals surface area contributed by atoms with E-state index < -0.39 is 0 Å². The number of carbonyl (C=O) groups excluding carboxylic acids is 1. The second-order valence-corrected chi connectivity index (χ2v) is 7.12. The predicted molar refractivity (Wildman–Crippen MR) is 107 cm³/mol. The van der Waals surface area contributed by atoms with Gasteiger partial charge in [-0.1, -0.05) is 12.0 Å². The summed E-state index contributed by atoms with van der Waals surface area (Å²) in [7, 11) is 0. The number of guanidine groups is 1. The number of carbonyl (C=O) groups is 1. The van der Waals surface area contributed by atoms with Crippen molar-refractivity contribution in [3.8, 4) is 12.3 Å². The monoisotopic (exact) mass is 358 g/mol. The average molecular weight is 359 g/mol. The van der Waals surface area contributed by atoms with Crippen LogP contribution in [0.4, 0.5) is 5.69 Å². The molecule has 0 bridgehead atoms. The van der Waals surface area contributed by atoms with E-state index in [9.17, 15) is 4.79 Å². The first-order chi connectivity index (χ1) is 12.1.